The molecule has 2 aromatic carbocycles. The van der Waals surface area contributed by atoms with Gasteiger partial charge in [0.2, 0.25) is 0 Å². The van der Waals surface area contributed by atoms with E-state index in [1.165, 1.54) is 0 Å². The summed E-state index contributed by atoms with van der Waals surface area (Å²) in [6.45, 7) is 0. The molecule has 0 fully saturated rings. The minimum absolute atomic E-state index is 0.0897. The van der Waals surface area contributed by atoms with Gasteiger partial charge < -0.3 is 4.74 Å². The number of carbonyl (C=O) groups excluding carboxylic acids is 1. The number of carbonyl (C=O) groups is 1. The number of aromatic nitrogens is 1. The van der Waals surface area contributed by atoms with Crippen LogP contribution in [0.15, 0.2) is 79.1 Å². The number of fused-ring (bicyclic) bond motifs is 1. The molecule has 2 heterocycles. The molecular weight excluding hydrogens is 286 g/mol. The van der Waals surface area contributed by atoms with Crippen LogP contribution in [0.2, 0.25) is 0 Å². The molecule has 3 nitrogen and oxygen atoms in total. The Balaban J connectivity index is 1.87. The summed E-state index contributed by atoms with van der Waals surface area (Å²) < 4.78 is 6.21. The third kappa shape index (κ3) is 2.40. The molecule has 1 aliphatic heterocycles. The minimum Gasteiger partial charge on any atom is -0.484 e. The molecule has 4 rings (SSSR count). The van der Waals surface area contributed by atoms with Crippen molar-refractivity contribution in [2.45, 2.75) is 12.0 Å². The lowest BCUT2D eigenvalue weighted by molar-refractivity contribution is 0.0781. The Kier molecular flexibility index (Phi) is 3.39. The van der Waals surface area contributed by atoms with Crippen molar-refractivity contribution in [2.75, 3.05) is 0 Å². The van der Waals surface area contributed by atoms with E-state index in [9.17, 15) is 4.79 Å². The van der Waals surface area contributed by atoms with Gasteiger partial charge in [0.05, 0.1) is 11.5 Å². The van der Waals surface area contributed by atoms with Crippen molar-refractivity contribution < 1.29 is 9.53 Å². The van der Waals surface area contributed by atoms with Crippen LogP contribution < -0.4 is 4.74 Å². The van der Waals surface area contributed by atoms with Crippen molar-refractivity contribution in [3.63, 3.8) is 0 Å². The first-order valence-corrected chi connectivity index (χ1v) is 7.59. The Bertz CT molecular complexity index is 831. The molecule has 112 valence electrons. The standard InChI is InChI=1S/C20H15NO2/c22-19-16-8-4-5-9-17(16)23-20(15-6-2-1-3-7-15)18(19)14-10-12-21-13-11-14/h1-13,18,20H/t18?,20-/m0/s1. The first-order valence-electron chi connectivity index (χ1n) is 7.59. The highest BCUT2D eigenvalue weighted by Crippen LogP contribution is 2.43. The van der Waals surface area contributed by atoms with Crippen molar-refractivity contribution in [3.05, 3.63) is 95.8 Å². The van der Waals surface area contributed by atoms with Gasteiger partial charge in [-0.1, -0.05) is 42.5 Å². The predicted molar refractivity (Wildman–Crippen MR) is 87.6 cm³/mol. The largest absolute Gasteiger partial charge is 0.484 e. The molecule has 0 radical (unpaired) electrons. The molecule has 1 unspecified atom stereocenters. The number of hydrogen-bond acceptors (Lipinski definition) is 3. The van der Waals surface area contributed by atoms with E-state index >= 15 is 0 Å². The summed E-state index contributed by atoms with van der Waals surface area (Å²) in [5, 5.41) is 0. The lowest BCUT2D eigenvalue weighted by Gasteiger charge is -2.33. The SMILES string of the molecule is O=C1c2ccccc2O[C@@H](c2ccccc2)C1c1ccncc1. The van der Waals surface area contributed by atoms with Crippen LogP contribution in [0.25, 0.3) is 0 Å². The lowest BCUT2D eigenvalue weighted by atomic mass is 9.81. The topological polar surface area (TPSA) is 39.2 Å². The second kappa shape index (κ2) is 5.69. The molecule has 0 spiro atoms. The molecule has 3 heteroatoms. The molecule has 2 atom stereocenters. The van der Waals surface area contributed by atoms with Gasteiger partial charge in [-0.3, -0.25) is 9.78 Å². The molecule has 23 heavy (non-hydrogen) atoms. The Morgan fingerprint density at radius 2 is 1.48 bits per heavy atom. The number of rotatable bonds is 2. The summed E-state index contributed by atoms with van der Waals surface area (Å²) >= 11 is 0. The zero-order valence-corrected chi connectivity index (χ0v) is 12.4. The fourth-order valence-corrected chi connectivity index (χ4v) is 3.08. The van der Waals surface area contributed by atoms with Gasteiger partial charge in [0.1, 0.15) is 11.9 Å². The summed E-state index contributed by atoms with van der Waals surface area (Å²) in [7, 11) is 0. The molecule has 0 aliphatic carbocycles. The highest BCUT2D eigenvalue weighted by Gasteiger charge is 2.38. The molecule has 0 bridgehead atoms. The maximum atomic E-state index is 13.1. The average Bonchev–Trinajstić information content (AvgIpc) is 2.63. The summed E-state index contributed by atoms with van der Waals surface area (Å²) in [5.74, 6) is 0.374. The van der Waals surface area contributed by atoms with Gasteiger partial charge in [0, 0.05) is 12.4 Å². The zero-order valence-electron chi connectivity index (χ0n) is 12.4. The number of para-hydroxylation sites is 1. The third-order valence-electron chi connectivity index (χ3n) is 4.18. The highest BCUT2D eigenvalue weighted by molar-refractivity contribution is 6.04. The van der Waals surface area contributed by atoms with Crippen LogP contribution in [0.5, 0.6) is 5.75 Å². The summed E-state index contributed by atoms with van der Waals surface area (Å²) in [6, 6.07) is 21.1. The number of benzene rings is 2. The van der Waals surface area contributed by atoms with E-state index in [2.05, 4.69) is 4.98 Å². The van der Waals surface area contributed by atoms with E-state index in [1.54, 1.807) is 12.4 Å². The zero-order chi connectivity index (χ0) is 15.6. The van der Waals surface area contributed by atoms with E-state index in [0.29, 0.717) is 11.3 Å². The van der Waals surface area contributed by atoms with Crippen LogP contribution in [-0.2, 0) is 0 Å². The van der Waals surface area contributed by atoms with Crippen LogP contribution >= 0.6 is 0 Å². The molecule has 0 saturated carbocycles. The lowest BCUT2D eigenvalue weighted by Crippen LogP contribution is -2.30. The van der Waals surface area contributed by atoms with Crippen LogP contribution in [0, 0.1) is 0 Å². The van der Waals surface area contributed by atoms with Crippen LogP contribution in [-0.4, -0.2) is 10.8 Å². The van der Waals surface area contributed by atoms with Crippen LogP contribution in [0.4, 0.5) is 0 Å². The van der Waals surface area contributed by atoms with Crippen molar-refractivity contribution in [1.29, 1.82) is 0 Å². The monoisotopic (exact) mass is 301 g/mol. The maximum absolute atomic E-state index is 13.1. The normalized spacial score (nSPS) is 19.7. The van der Waals surface area contributed by atoms with Gasteiger partial charge in [-0.25, -0.2) is 0 Å². The molecule has 3 aromatic rings. The van der Waals surface area contributed by atoms with E-state index in [-0.39, 0.29) is 17.8 Å². The van der Waals surface area contributed by atoms with Gasteiger partial charge >= 0.3 is 0 Å². The van der Waals surface area contributed by atoms with Crippen LogP contribution in [0.3, 0.4) is 0 Å². The van der Waals surface area contributed by atoms with Gasteiger partial charge in [0.15, 0.2) is 5.78 Å². The van der Waals surface area contributed by atoms with Crippen LogP contribution in [0.1, 0.15) is 33.5 Å². The quantitative estimate of drug-likeness (QED) is 0.712. The van der Waals surface area contributed by atoms with Crippen molar-refractivity contribution >= 4 is 5.78 Å². The first-order chi connectivity index (χ1) is 11.3. The number of ketones is 1. The Morgan fingerprint density at radius 1 is 0.783 bits per heavy atom. The fraction of sp³-hybridized carbons (Fsp3) is 0.100. The fourth-order valence-electron chi connectivity index (χ4n) is 3.08. The molecule has 1 aromatic heterocycles. The van der Waals surface area contributed by atoms with E-state index < -0.39 is 0 Å². The molecule has 1 aliphatic rings. The summed E-state index contributed by atoms with van der Waals surface area (Å²) in [5.41, 5.74) is 2.56. The maximum Gasteiger partial charge on any atom is 0.178 e. The Labute approximate surface area is 134 Å². The van der Waals surface area contributed by atoms with E-state index in [4.69, 9.17) is 4.74 Å². The van der Waals surface area contributed by atoms with Gasteiger partial charge in [-0.05, 0) is 35.4 Å². The third-order valence-corrected chi connectivity index (χ3v) is 4.18. The molecule has 0 saturated heterocycles. The predicted octanol–water partition coefficient (Wildman–Crippen LogP) is 4.18. The first kappa shape index (κ1) is 13.7. The smallest absolute Gasteiger partial charge is 0.178 e. The van der Waals surface area contributed by atoms with Gasteiger partial charge in [-0.2, -0.15) is 0 Å². The number of Topliss-reactive ketones (excluding diaryl/α,β-unsaturated/α-hetero) is 1. The summed E-state index contributed by atoms with van der Waals surface area (Å²) in [6.07, 6.45) is 3.09. The van der Waals surface area contributed by atoms with Crippen molar-refractivity contribution in [3.8, 4) is 5.75 Å². The van der Waals surface area contributed by atoms with E-state index in [0.717, 1.165) is 11.1 Å². The Morgan fingerprint density at radius 3 is 2.26 bits per heavy atom. The average molecular weight is 301 g/mol. The second-order valence-electron chi connectivity index (χ2n) is 5.57. The second-order valence-corrected chi connectivity index (χ2v) is 5.57. The van der Waals surface area contributed by atoms with Crippen molar-refractivity contribution in [2.24, 2.45) is 0 Å². The number of hydrogen-bond donors (Lipinski definition) is 0. The van der Waals surface area contributed by atoms with Gasteiger partial charge in [-0.15, -0.1) is 0 Å². The Hall–Kier alpha value is -2.94. The molecule has 0 N–H and O–H groups in total. The van der Waals surface area contributed by atoms with Crippen molar-refractivity contribution in [1.82, 2.24) is 4.98 Å². The number of ether oxygens (including phenoxy) is 1. The van der Waals surface area contributed by atoms with Gasteiger partial charge in [0.25, 0.3) is 0 Å². The molecular formula is C20H15NO2. The number of pyridine rings is 1. The molecule has 0 amide bonds. The minimum atomic E-state index is -0.365. The summed E-state index contributed by atoms with van der Waals surface area (Å²) in [4.78, 5) is 17.2. The number of nitrogens with zero attached hydrogens (tertiary/aromatic N) is 1. The van der Waals surface area contributed by atoms with E-state index in [1.807, 2.05) is 66.7 Å². The highest BCUT2D eigenvalue weighted by atomic mass is 16.5.